The lowest BCUT2D eigenvalue weighted by molar-refractivity contribution is 0.184. The standard InChI is InChI=1S/C15H22BrClN2/c16-12-6-7-13(14(17)10-12)15(11-18)19-8-4-2-1-3-5-9-19/h6-7,10,15H,1-5,8-9,11,18H2. The van der Waals surface area contributed by atoms with Gasteiger partial charge in [-0.15, -0.1) is 0 Å². The predicted octanol–water partition coefficient (Wildman–Crippen LogP) is 4.37. The zero-order valence-corrected chi connectivity index (χ0v) is 13.6. The molecule has 0 aromatic heterocycles. The van der Waals surface area contributed by atoms with Crippen molar-refractivity contribution in [1.82, 2.24) is 4.90 Å². The Hall–Kier alpha value is -0.0900. The summed E-state index contributed by atoms with van der Waals surface area (Å²) in [5, 5.41) is 0.812. The van der Waals surface area contributed by atoms with Crippen molar-refractivity contribution in [3.63, 3.8) is 0 Å². The van der Waals surface area contributed by atoms with E-state index in [1.54, 1.807) is 0 Å². The third-order valence-electron chi connectivity index (χ3n) is 3.88. The maximum absolute atomic E-state index is 6.38. The smallest absolute Gasteiger partial charge is 0.0485 e. The van der Waals surface area contributed by atoms with Gasteiger partial charge in [0.05, 0.1) is 0 Å². The fourth-order valence-corrected chi connectivity index (χ4v) is 3.63. The first kappa shape index (κ1) is 15.3. The molecular formula is C15H22BrClN2. The van der Waals surface area contributed by atoms with Crippen LogP contribution in [0, 0.1) is 0 Å². The van der Waals surface area contributed by atoms with Crippen molar-refractivity contribution in [3.05, 3.63) is 33.3 Å². The topological polar surface area (TPSA) is 29.3 Å². The van der Waals surface area contributed by atoms with Crippen molar-refractivity contribution < 1.29 is 0 Å². The van der Waals surface area contributed by atoms with Crippen LogP contribution in [-0.4, -0.2) is 24.5 Å². The molecule has 0 aliphatic carbocycles. The number of nitrogens with two attached hydrogens (primary N) is 1. The fraction of sp³-hybridized carbons (Fsp3) is 0.600. The maximum atomic E-state index is 6.38. The van der Waals surface area contributed by atoms with Crippen LogP contribution in [0.3, 0.4) is 0 Å². The summed E-state index contributed by atoms with van der Waals surface area (Å²) < 4.78 is 1.02. The van der Waals surface area contributed by atoms with Crippen LogP contribution in [0.1, 0.15) is 43.7 Å². The van der Waals surface area contributed by atoms with Crippen molar-refractivity contribution >= 4 is 27.5 Å². The molecule has 1 fully saturated rings. The minimum absolute atomic E-state index is 0.249. The van der Waals surface area contributed by atoms with Gasteiger partial charge in [0.25, 0.3) is 0 Å². The molecule has 4 heteroatoms. The summed E-state index contributed by atoms with van der Waals surface area (Å²) in [6, 6.07) is 6.36. The number of halogens is 2. The molecule has 0 radical (unpaired) electrons. The van der Waals surface area contributed by atoms with Crippen molar-refractivity contribution in [2.75, 3.05) is 19.6 Å². The molecular weight excluding hydrogens is 324 g/mol. The van der Waals surface area contributed by atoms with Crippen LogP contribution in [0.4, 0.5) is 0 Å². The van der Waals surface area contributed by atoms with Gasteiger partial charge in [0.15, 0.2) is 0 Å². The first-order chi connectivity index (χ1) is 9.22. The van der Waals surface area contributed by atoms with E-state index >= 15 is 0 Å². The van der Waals surface area contributed by atoms with Crippen LogP contribution in [0.5, 0.6) is 0 Å². The predicted molar refractivity (Wildman–Crippen MR) is 85.6 cm³/mol. The minimum atomic E-state index is 0.249. The van der Waals surface area contributed by atoms with Crippen molar-refractivity contribution in [2.24, 2.45) is 5.73 Å². The van der Waals surface area contributed by atoms with Crippen LogP contribution in [-0.2, 0) is 0 Å². The third kappa shape index (κ3) is 4.19. The molecule has 1 aromatic carbocycles. The van der Waals surface area contributed by atoms with Gasteiger partial charge in [-0.3, -0.25) is 4.90 Å². The molecule has 1 atom stereocenters. The summed E-state index contributed by atoms with van der Waals surface area (Å²) in [5.41, 5.74) is 7.18. The normalized spacial score (nSPS) is 19.7. The van der Waals surface area contributed by atoms with Crippen LogP contribution in [0.25, 0.3) is 0 Å². The van der Waals surface area contributed by atoms with Gasteiger partial charge in [0.1, 0.15) is 0 Å². The van der Waals surface area contributed by atoms with Crippen molar-refractivity contribution in [1.29, 1.82) is 0 Å². The third-order valence-corrected chi connectivity index (χ3v) is 4.70. The molecule has 1 aromatic rings. The highest BCUT2D eigenvalue weighted by molar-refractivity contribution is 9.10. The van der Waals surface area contributed by atoms with Crippen LogP contribution < -0.4 is 5.73 Å². The maximum Gasteiger partial charge on any atom is 0.0485 e. The summed E-state index contributed by atoms with van der Waals surface area (Å²) in [6.07, 6.45) is 6.58. The Balaban J connectivity index is 2.17. The molecule has 0 saturated carbocycles. The molecule has 106 valence electrons. The molecule has 0 spiro atoms. The number of rotatable bonds is 3. The first-order valence-corrected chi connectivity index (χ1v) is 8.28. The average Bonchev–Trinajstić information content (AvgIpc) is 2.34. The van der Waals surface area contributed by atoms with E-state index in [2.05, 4.69) is 26.9 Å². The van der Waals surface area contributed by atoms with E-state index in [1.165, 1.54) is 32.1 Å². The number of benzene rings is 1. The molecule has 2 nitrogen and oxygen atoms in total. The van der Waals surface area contributed by atoms with Crippen molar-refractivity contribution in [3.8, 4) is 0 Å². The average molecular weight is 346 g/mol. The zero-order chi connectivity index (χ0) is 13.7. The Morgan fingerprint density at radius 2 is 1.79 bits per heavy atom. The van der Waals surface area contributed by atoms with Gasteiger partial charge in [-0.05, 0) is 43.6 Å². The molecule has 2 rings (SSSR count). The van der Waals surface area contributed by atoms with E-state index in [-0.39, 0.29) is 6.04 Å². The molecule has 1 aliphatic heterocycles. The van der Waals surface area contributed by atoms with E-state index in [4.69, 9.17) is 17.3 Å². The molecule has 1 aliphatic rings. The molecule has 0 amide bonds. The Morgan fingerprint density at radius 3 is 2.37 bits per heavy atom. The lowest BCUT2D eigenvalue weighted by Gasteiger charge is -2.33. The number of likely N-dealkylation sites (tertiary alicyclic amines) is 1. The number of hydrogen-bond donors (Lipinski definition) is 1. The summed E-state index contributed by atoms with van der Waals surface area (Å²) in [5.74, 6) is 0. The fourth-order valence-electron chi connectivity index (χ4n) is 2.83. The molecule has 2 N–H and O–H groups in total. The zero-order valence-electron chi connectivity index (χ0n) is 11.2. The van der Waals surface area contributed by atoms with Gasteiger partial charge in [-0.25, -0.2) is 0 Å². The van der Waals surface area contributed by atoms with E-state index in [1.807, 2.05) is 12.1 Å². The monoisotopic (exact) mass is 344 g/mol. The molecule has 1 unspecified atom stereocenters. The van der Waals surface area contributed by atoms with Gasteiger partial charge >= 0.3 is 0 Å². The quantitative estimate of drug-likeness (QED) is 0.881. The summed E-state index contributed by atoms with van der Waals surface area (Å²) in [7, 11) is 0. The second-order valence-electron chi connectivity index (χ2n) is 5.22. The first-order valence-electron chi connectivity index (χ1n) is 7.11. The van der Waals surface area contributed by atoms with Gasteiger partial charge in [0.2, 0.25) is 0 Å². The second kappa shape index (κ2) is 7.63. The molecule has 1 saturated heterocycles. The van der Waals surface area contributed by atoms with Crippen molar-refractivity contribution in [2.45, 2.75) is 38.1 Å². The Kier molecular flexibility index (Phi) is 6.14. The minimum Gasteiger partial charge on any atom is -0.329 e. The van der Waals surface area contributed by atoms with Gasteiger partial charge in [0, 0.05) is 22.1 Å². The largest absolute Gasteiger partial charge is 0.329 e. The molecule has 19 heavy (non-hydrogen) atoms. The Labute approximate surface area is 129 Å². The molecule has 0 bridgehead atoms. The van der Waals surface area contributed by atoms with Crippen LogP contribution in [0.15, 0.2) is 22.7 Å². The highest BCUT2D eigenvalue weighted by Crippen LogP contribution is 2.30. The van der Waals surface area contributed by atoms with Gasteiger partial charge in [-0.2, -0.15) is 0 Å². The van der Waals surface area contributed by atoms with E-state index < -0.39 is 0 Å². The Bertz CT molecular complexity index is 403. The lowest BCUT2D eigenvalue weighted by atomic mass is 10.0. The number of hydrogen-bond acceptors (Lipinski definition) is 2. The van der Waals surface area contributed by atoms with Gasteiger partial charge < -0.3 is 5.73 Å². The lowest BCUT2D eigenvalue weighted by Crippen LogP contribution is -2.36. The van der Waals surface area contributed by atoms with E-state index in [0.717, 1.165) is 28.1 Å². The Morgan fingerprint density at radius 1 is 1.16 bits per heavy atom. The highest BCUT2D eigenvalue weighted by Gasteiger charge is 2.21. The van der Waals surface area contributed by atoms with Crippen LogP contribution >= 0.6 is 27.5 Å². The number of nitrogens with zero attached hydrogens (tertiary/aromatic N) is 1. The molecule has 1 heterocycles. The van der Waals surface area contributed by atoms with Gasteiger partial charge in [-0.1, -0.05) is 52.9 Å². The van der Waals surface area contributed by atoms with Crippen LogP contribution in [0.2, 0.25) is 5.02 Å². The second-order valence-corrected chi connectivity index (χ2v) is 6.54. The van der Waals surface area contributed by atoms with E-state index in [9.17, 15) is 0 Å². The summed E-state index contributed by atoms with van der Waals surface area (Å²) in [6.45, 7) is 2.89. The highest BCUT2D eigenvalue weighted by atomic mass is 79.9. The van der Waals surface area contributed by atoms with E-state index in [0.29, 0.717) is 6.54 Å². The summed E-state index contributed by atoms with van der Waals surface area (Å²) in [4.78, 5) is 2.51. The summed E-state index contributed by atoms with van der Waals surface area (Å²) >= 11 is 9.84. The SMILES string of the molecule is NCC(c1ccc(Br)cc1Cl)N1CCCCCCC1.